The van der Waals surface area contributed by atoms with Gasteiger partial charge in [0.1, 0.15) is 5.82 Å². The van der Waals surface area contributed by atoms with Crippen LogP contribution in [0.1, 0.15) is 31.6 Å². The average Bonchev–Trinajstić information content (AvgIpc) is 2.39. The number of fused-ring (bicyclic) bond motifs is 1. The highest BCUT2D eigenvalue weighted by atomic mass is 16.1. The van der Waals surface area contributed by atoms with Crippen LogP contribution in [0.25, 0.3) is 11.3 Å². The van der Waals surface area contributed by atoms with Crippen LogP contribution in [0.3, 0.4) is 0 Å². The van der Waals surface area contributed by atoms with Crippen molar-refractivity contribution in [1.82, 2.24) is 9.55 Å². The molecule has 0 fully saturated rings. The second kappa shape index (κ2) is 4.41. The van der Waals surface area contributed by atoms with Crippen molar-refractivity contribution >= 4 is 0 Å². The first kappa shape index (κ1) is 11.2. The van der Waals surface area contributed by atoms with Gasteiger partial charge in [-0.05, 0) is 19.8 Å². The molecule has 0 N–H and O–H groups in total. The molecular weight excluding hydrogens is 224 g/mol. The lowest BCUT2D eigenvalue weighted by molar-refractivity contribution is 0.405. The summed E-state index contributed by atoms with van der Waals surface area (Å²) in [5.41, 5.74) is 1.88. The molecule has 0 saturated heterocycles. The van der Waals surface area contributed by atoms with Crippen molar-refractivity contribution in [3.05, 3.63) is 52.6 Å². The van der Waals surface area contributed by atoms with Crippen LogP contribution in [0.4, 0.5) is 0 Å². The largest absolute Gasteiger partial charge is 0.294 e. The molecule has 0 aliphatic carbocycles. The number of nitrogens with zero attached hydrogens (tertiary/aromatic N) is 2. The monoisotopic (exact) mass is 240 g/mol. The lowest BCUT2D eigenvalue weighted by Gasteiger charge is -2.24. The molecule has 1 aliphatic heterocycles. The Hall–Kier alpha value is -1.90. The highest BCUT2D eigenvalue weighted by Gasteiger charge is 2.19. The maximum atomic E-state index is 12.2. The van der Waals surface area contributed by atoms with E-state index in [4.69, 9.17) is 0 Å². The Labute approximate surface area is 106 Å². The van der Waals surface area contributed by atoms with Gasteiger partial charge in [-0.2, -0.15) is 0 Å². The van der Waals surface area contributed by atoms with E-state index in [1.165, 1.54) is 0 Å². The second-order valence-corrected chi connectivity index (χ2v) is 4.87. The molecule has 1 unspecified atom stereocenters. The van der Waals surface area contributed by atoms with Gasteiger partial charge < -0.3 is 0 Å². The van der Waals surface area contributed by atoms with Crippen molar-refractivity contribution in [2.24, 2.45) is 0 Å². The molecule has 0 saturated carbocycles. The van der Waals surface area contributed by atoms with E-state index in [2.05, 4.69) is 11.9 Å². The molecule has 0 bridgehead atoms. The van der Waals surface area contributed by atoms with Gasteiger partial charge in [0.25, 0.3) is 5.56 Å². The van der Waals surface area contributed by atoms with Crippen LogP contribution in [0.5, 0.6) is 0 Å². The third kappa shape index (κ3) is 1.86. The molecule has 1 aromatic carbocycles. The number of aromatic nitrogens is 2. The lowest BCUT2D eigenvalue weighted by atomic mass is 10.0. The number of benzene rings is 1. The summed E-state index contributed by atoms with van der Waals surface area (Å²) in [6, 6.07) is 11.8. The third-order valence-corrected chi connectivity index (χ3v) is 3.56. The predicted octanol–water partition coefficient (Wildman–Crippen LogP) is 2.81. The Balaban J connectivity index is 2.15. The maximum absolute atomic E-state index is 12.2. The minimum Gasteiger partial charge on any atom is -0.294 e. The number of aryl methyl sites for hydroxylation is 1. The van der Waals surface area contributed by atoms with Crippen LogP contribution in [-0.4, -0.2) is 9.55 Å². The molecule has 3 heteroatoms. The van der Waals surface area contributed by atoms with Gasteiger partial charge in [-0.15, -0.1) is 0 Å². The van der Waals surface area contributed by atoms with Crippen molar-refractivity contribution < 1.29 is 0 Å². The topological polar surface area (TPSA) is 34.9 Å². The third-order valence-electron chi connectivity index (χ3n) is 3.56. The molecule has 3 nitrogen and oxygen atoms in total. The van der Waals surface area contributed by atoms with E-state index >= 15 is 0 Å². The minimum absolute atomic E-state index is 0.0750. The zero-order valence-corrected chi connectivity index (χ0v) is 10.5. The number of hydrogen-bond donors (Lipinski definition) is 0. The predicted molar refractivity (Wildman–Crippen MR) is 71.6 cm³/mol. The van der Waals surface area contributed by atoms with Gasteiger partial charge in [0.05, 0.1) is 5.69 Å². The highest BCUT2D eigenvalue weighted by Crippen LogP contribution is 2.23. The van der Waals surface area contributed by atoms with Gasteiger partial charge in [-0.25, -0.2) is 4.98 Å². The molecule has 0 spiro atoms. The number of hydrogen-bond acceptors (Lipinski definition) is 2. The minimum atomic E-state index is 0.0750. The van der Waals surface area contributed by atoms with E-state index in [1.54, 1.807) is 6.07 Å². The molecule has 2 aromatic rings. The fraction of sp³-hybridized carbons (Fsp3) is 0.333. The van der Waals surface area contributed by atoms with E-state index in [0.29, 0.717) is 0 Å². The summed E-state index contributed by atoms with van der Waals surface area (Å²) in [7, 11) is 0. The standard InChI is InChI=1S/C15H16N2O/c1-11-6-5-9-14-16-13(10-15(18)17(11)14)12-7-3-2-4-8-12/h2-4,7-8,10-11H,5-6,9H2,1H3. The van der Waals surface area contributed by atoms with Crippen molar-refractivity contribution in [3.8, 4) is 11.3 Å². The summed E-state index contributed by atoms with van der Waals surface area (Å²) in [5, 5.41) is 0. The van der Waals surface area contributed by atoms with Gasteiger partial charge in [-0.1, -0.05) is 30.3 Å². The molecule has 92 valence electrons. The Morgan fingerprint density at radius 1 is 1.28 bits per heavy atom. The van der Waals surface area contributed by atoms with Crippen molar-refractivity contribution in [3.63, 3.8) is 0 Å². The summed E-state index contributed by atoms with van der Waals surface area (Å²) in [6.45, 7) is 2.09. The first-order chi connectivity index (χ1) is 8.75. The van der Waals surface area contributed by atoms with Crippen molar-refractivity contribution in [1.29, 1.82) is 0 Å². The van der Waals surface area contributed by atoms with Gasteiger partial charge >= 0.3 is 0 Å². The fourth-order valence-electron chi connectivity index (χ4n) is 2.63. The first-order valence-electron chi connectivity index (χ1n) is 6.43. The summed E-state index contributed by atoms with van der Waals surface area (Å²) >= 11 is 0. The normalized spacial score (nSPS) is 18.4. The van der Waals surface area contributed by atoms with E-state index in [1.807, 2.05) is 34.9 Å². The first-order valence-corrected chi connectivity index (χ1v) is 6.43. The molecule has 3 rings (SSSR count). The van der Waals surface area contributed by atoms with Gasteiger partial charge in [-0.3, -0.25) is 9.36 Å². The summed E-state index contributed by atoms with van der Waals surface area (Å²) in [6.07, 6.45) is 3.09. The Morgan fingerprint density at radius 2 is 2.06 bits per heavy atom. The van der Waals surface area contributed by atoms with E-state index in [-0.39, 0.29) is 11.6 Å². The molecule has 1 atom stereocenters. The zero-order chi connectivity index (χ0) is 12.5. The highest BCUT2D eigenvalue weighted by molar-refractivity contribution is 5.58. The van der Waals surface area contributed by atoms with E-state index in [9.17, 15) is 4.79 Å². The van der Waals surface area contributed by atoms with Crippen LogP contribution < -0.4 is 5.56 Å². The second-order valence-electron chi connectivity index (χ2n) is 4.87. The smallest absolute Gasteiger partial charge is 0.254 e. The van der Waals surface area contributed by atoms with Crippen molar-refractivity contribution in [2.75, 3.05) is 0 Å². The Bertz CT molecular complexity index is 616. The Morgan fingerprint density at radius 3 is 2.83 bits per heavy atom. The lowest BCUT2D eigenvalue weighted by Crippen LogP contribution is -2.30. The van der Waals surface area contributed by atoms with Crippen LogP contribution in [0.2, 0.25) is 0 Å². The molecule has 0 amide bonds. The van der Waals surface area contributed by atoms with Gasteiger partial charge in [0.15, 0.2) is 0 Å². The molecular formula is C15H16N2O. The van der Waals surface area contributed by atoms with Gasteiger partial charge in [0, 0.05) is 24.1 Å². The van der Waals surface area contributed by atoms with Crippen LogP contribution >= 0.6 is 0 Å². The Kier molecular flexibility index (Phi) is 2.74. The van der Waals surface area contributed by atoms with Crippen molar-refractivity contribution in [2.45, 2.75) is 32.2 Å². The van der Waals surface area contributed by atoms with E-state index < -0.39 is 0 Å². The van der Waals surface area contributed by atoms with Crippen LogP contribution in [-0.2, 0) is 6.42 Å². The van der Waals surface area contributed by atoms with Crippen LogP contribution in [0.15, 0.2) is 41.2 Å². The quantitative estimate of drug-likeness (QED) is 0.768. The average molecular weight is 240 g/mol. The molecule has 18 heavy (non-hydrogen) atoms. The molecule has 1 aromatic heterocycles. The van der Waals surface area contributed by atoms with E-state index in [0.717, 1.165) is 36.3 Å². The number of rotatable bonds is 1. The maximum Gasteiger partial charge on any atom is 0.254 e. The summed E-state index contributed by atoms with van der Waals surface area (Å²) in [4.78, 5) is 16.8. The molecule has 2 heterocycles. The molecule has 0 radical (unpaired) electrons. The van der Waals surface area contributed by atoms with Gasteiger partial charge in [0.2, 0.25) is 0 Å². The zero-order valence-electron chi connectivity index (χ0n) is 10.5. The SMILES string of the molecule is CC1CCCc2nc(-c3ccccc3)cc(=O)n21. The molecule has 1 aliphatic rings. The summed E-state index contributed by atoms with van der Waals surface area (Å²) < 4.78 is 1.84. The summed E-state index contributed by atoms with van der Waals surface area (Å²) in [5.74, 6) is 0.931. The van der Waals surface area contributed by atoms with Crippen LogP contribution in [0, 0.1) is 0 Å². The fourth-order valence-corrected chi connectivity index (χ4v) is 2.63.